The zero-order valence-corrected chi connectivity index (χ0v) is 14.6. The van der Waals surface area contributed by atoms with Gasteiger partial charge in [0.25, 0.3) is 5.56 Å². The van der Waals surface area contributed by atoms with E-state index in [9.17, 15) is 14.4 Å². The number of hydrogen-bond donors (Lipinski definition) is 1. The Kier molecular flexibility index (Phi) is 5.97. The van der Waals surface area contributed by atoms with Gasteiger partial charge in [0, 0.05) is 6.04 Å². The SMILES string of the molecule is COC(=O)Cn1c(SCC(=O)NC(C)C)nc2ccccc2c1=O. The molecule has 128 valence electrons. The van der Waals surface area contributed by atoms with Crippen molar-refractivity contribution >= 4 is 34.5 Å². The number of nitrogens with one attached hydrogen (secondary N) is 1. The van der Waals surface area contributed by atoms with Gasteiger partial charge in [0.05, 0.1) is 23.8 Å². The van der Waals surface area contributed by atoms with Crippen molar-refractivity contribution in [1.29, 1.82) is 0 Å². The molecule has 1 N–H and O–H groups in total. The molecule has 1 aromatic carbocycles. The Morgan fingerprint density at radius 2 is 2.04 bits per heavy atom. The molecule has 1 heterocycles. The average molecular weight is 349 g/mol. The summed E-state index contributed by atoms with van der Waals surface area (Å²) in [6.07, 6.45) is 0. The number of para-hydroxylation sites is 1. The molecule has 2 aromatic rings. The first-order valence-corrected chi connectivity index (χ1v) is 8.39. The molecule has 1 aromatic heterocycles. The molecular formula is C16H19N3O4S. The molecule has 0 aliphatic carbocycles. The number of nitrogens with zero attached hydrogens (tertiary/aromatic N) is 2. The maximum atomic E-state index is 12.6. The minimum atomic E-state index is -0.553. The number of fused-ring (bicyclic) bond motifs is 1. The monoisotopic (exact) mass is 349 g/mol. The van der Waals surface area contributed by atoms with Gasteiger partial charge in [-0.2, -0.15) is 0 Å². The van der Waals surface area contributed by atoms with Crippen LogP contribution in [0, 0.1) is 0 Å². The number of aromatic nitrogens is 2. The second kappa shape index (κ2) is 7.96. The number of carbonyl (C=O) groups excluding carboxylic acids is 2. The van der Waals surface area contributed by atoms with E-state index < -0.39 is 5.97 Å². The number of esters is 1. The minimum Gasteiger partial charge on any atom is -0.468 e. The van der Waals surface area contributed by atoms with Crippen molar-refractivity contribution in [3.05, 3.63) is 34.6 Å². The van der Waals surface area contributed by atoms with Crippen LogP contribution in [-0.4, -0.2) is 40.3 Å². The molecule has 2 rings (SSSR count). The molecule has 0 saturated carbocycles. The van der Waals surface area contributed by atoms with E-state index in [0.29, 0.717) is 16.1 Å². The molecule has 1 amide bonds. The smallest absolute Gasteiger partial charge is 0.325 e. The van der Waals surface area contributed by atoms with Crippen molar-refractivity contribution in [1.82, 2.24) is 14.9 Å². The lowest BCUT2D eigenvalue weighted by molar-refractivity contribution is -0.141. The maximum absolute atomic E-state index is 12.6. The lowest BCUT2D eigenvalue weighted by atomic mass is 10.2. The third-order valence-corrected chi connectivity index (χ3v) is 4.10. The van der Waals surface area contributed by atoms with Crippen molar-refractivity contribution in [2.24, 2.45) is 0 Å². The summed E-state index contributed by atoms with van der Waals surface area (Å²) in [6, 6.07) is 6.91. The summed E-state index contributed by atoms with van der Waals surface area (Å²) in [5.41, 5.74) is 0.188. The maximum Gasteiger partial charge on any atom is 0.325 e. The van der Waals surface area contributed by atoms with Gasteiger partial charge in [-0.3, -0.25) is 19.0 Å². The molecule has 0 aliphatic rings. The van der Waals surface area contributed by atoms with E-state index in [-0.39, 0.29) is 29.8 Å². The van der Waals surface area contributed by atoms with Crippen LogP contribution in [0.25, 0.3) is 10.9 Å². The Labute approximate surface area is 143 Å². The molecular weight excluding hydrogens is 330 g/mol. The van der Waals surface area contributed by atoms with Crippen LogP contribution >= 0.6 is 11.8 Å². The second-order valence-corrected chi connectivity index (χ2v) is 6.33. The zero-order chi connectivity index (χ0) is 17.7. The Balaban J connectivity index is 2.38. The number of thioether (sulfide) groups is 1. The number of ether oxygens (including phenoxy) is 1. The van der Waals surface area contributed by atoms with Crippen LogP contribution in [0.5, 0.6) is 0 Å². The largest absolute Gasteiger partial charge is 0.468 e. The summed E-state index contributed by atoms with van der Waals surface area (Å²) in [7, 11) is 1.25. The normalized spacial score (nSPS) is 10.8. The lowest BCUT2D eigenvalue weighted by Crippen LogP contribution is -2.32. The molecule has 8 heteroatoms. The Hall–Kier alpha value is -2.35. The number of methoxy groups -OCH3 is 1. The van der Waals surface area contributed by atoms with Crippen molar-refractivity contribution < 1.29 is 14.3 Å². The molecule has 7 nitrogen and oxygen atoms in total. The van der Waals surface area contributed by atoms with Gasteiger partial charge < -0.3 is 10.1 Å². The number of amides is 1. The Bertz CT molecular complexity index is 817. The fourth-order valence-electron chi connectivity index (χ4n) is 2.08. The summed E-state index contributed by atoms with van der Waals surface area (Å²) < 4.78 is 5.88. The van der Waals surface area contributed by atoms with E-state index in [1.807, 2.05) is 13.8 Å². The highest BCUT2D eigenvalue weighted by Gasteiger charge is 2.16. The highest BCUT2D eigenvalue weighted by molar-refractivity contribution is 7.99. The number of rotatable bonds is 6. The standard InChI is InChI=1S/C16H19N3O4S/c1-10(2)17-13(20)9-24-16-18-12-7-5-4-6-11(12)15(22)19(16)8-14(21)23-3/h4-7,10H,8-9H2,1-3H3,(H,17,20). The van der Waals surface area contributed by atoms with Crippen molar-refractivity contribution in [2.75, 3.05) is 12.9 Å². The fraction of sp³-hybridized carbons (Fsp3) is 0.375. The van der Waals surface area contributed by atoms with Gasteiger partial charge in [0.15, 0.2) is 5.16 Å². The number of hydrogen-bond acceptors (Lipinski definition) is 6. The van der Waals surface area contributed by atoms with Gasteiger partial charge in [-0.1, -0.05) is 23.9 Å². The second-order valence-electron chi connectivity index (χ2n) is 5.39. The average Bonchev–Trinajstić information content (AvgIpc) is 2.55. The van der Waals surface area contributed by atoms with Gasteiger partial charge in [-0.05, 0) is 26.0 Å². The quantitative estimate of drug-likeness (QED) is 0.479. The summed E-state index contributed by atoms with van der Waals surface area (Å²) in [6.45, 7) is 3.48. The number of carbonyl (C=O) groups is 2. The summed E-state index contributed by atoms with van der Waals surface area (Å²) in [5.74, 6) is -0.617. The van der Waals surface area contributed by atoms with E-state index in [1.54, 1.807) is 24.3 Å². The Morgan fingerprint density at radius 1 is 1.33 bits per heavy atom. The zero-order valence-electron chi connectivity index (χ0n) is 13.7. The summed E-state index contributed by atoms with van der Waals surface area (Å²) in [5, 5.41) is 3.49. The molecule has 0 radical (unpaired) electrons. The predicted molar refractivity (Wildman–Crippen MR) is 92.0 cm³/mol. The van der Waals surface area contributed by atoms with Crippen molar-refractivity contribution in [3.63, 3.8) is 0 Å². The van der Waals surface area contributed by atoms with E-state index in [2.05, 4.69) is 15.0 Å². The third kappa shape index (κ3) is 4.35. The first kappa shape index (κ1) is 18.0. The van der Waals surface area contributed by atoms with Gasteiger partial charge in [0.2, 0.25) is 5.91 Å². The van der Waals surface area contributed by atoms with E-state index in [0.717, 1.165) is 11.8 Å². The van der Waals surface area contributed by atoms with Crippen LogP contribution in [0.3, 0.4) is 0 Å². The minimum absolute atomic E-state index is 0.0277. The van der Waals surface area contributed by atoms with E-state index in [4.69, 9.17) is 0 Å². The first-order chi connectivity index (χ1) is 11.4. The molecule has 0 unspecified atom stereocenters. The van der Waals surface area contributed by atoms with Crippen LogP contribution in [-0.2, 0) is 20.9 Å². The lowest BCUT2D eigenvalue weighted by Gasteiger charge is -2.12. The molecule has 0 spiro atoms. The van der Waals surface area contributed by atoms with Crippen LogP contribution in [0.1, 0.15) is 13.8 Å². The van der Waals surface area contributed by atoms with Gasteiger partial charge in [-0.15, -0.1) is 0 Å². The van der Waals surface area contributed by atoms with E-state index >= 15 is 0 Å². The van der Waals surface area contributed by atoms with Gasteiger partial charge in [-0.25, -0.2) is 4.98 Å². The highest BCUT2D eigenvalue weighted by Crippen LogP contribution is 2.17. The molecule has 0 bridgehead atoms. The topological polar surface area (TPSA) is 90.3 Å². The summed E-state index contributed by atoms with van der Waals surface area (Å²) in [4.78, 5) is 40.5. The van der Waals surface area contributed by atoms with Gasteiger partial charge in [0.1, 0.15) is 6.54 Å². The molecule has 0 fully saturated rings. The summed E-state index contributed by atoms with van der Waals surface area (Å²) >= 11 is 1.11. The number of benzene rings is 1. The molecule has 0 aliphatic heterocycles. The van der Waals surface area contributed by atoms with Crippen LogP contribution in [0.2, 0.25) is 0 Å². The molecule has 0 atom stereocenters. The van der Waals surface area contributed by atoms with Crippen LogP contribution in [0.4, 0.5) is 0 Å². The van der Waals surface area contributed by atoms with Crippen LogP contribution in [0.15, 0.2) is 34.2 Å². The third-order valence-electron chi connectivity index (χ3n) is 3.12. The Morgan fingerprint density at radius 3 is 2.71 bits per heavy atom. The van der Waals surface area contributed by atoms with Crippen molar-refractivity contribution in [3.8, 4) is 0 Å². The predicted octanol–water partition coefficient (Wildman–Crippen LogP) is 1.19. The van der Waals surface area contributed by atoms with Gasteiger partial charge >= 0.3 is 5.97 Å². The fourth-order valence-corrected chi connectivity index (χ4v) is 2.89. The molecule has 24 heavy (non-hydrogen) atoms. The molecule has 0 saturated heterocycles. The van der Waals surface area contributed by atoms with E-state index in [1.165, 1.54) is 11.7 Å². The van der Waals surface area contributed by atoms with Crippen molar-refractivity contribution in [2.45, 2.75) is 31.6 Å². The highest BCUT2D eigenvalue weighted by atomic mass is 32.2. The van der Waals surface area contributed by atoms with Crippen LogP contribution < -0.4 is 10.9 Å². The first-order valence-electron chi connectivity index (χ1n) is 7.41.